The number of hydrogen-bond acceptors (Lipinski definition) is 2. The minimum Gasteiger partial charge on any atom is -0.486 e. The van der Waals surface area contributed by atoms with Crippen LogP contribution in [0.15, 0.2) is 18.2 Å². The molecule has 0 atom stereocenters. The zero-order valence-corrected chi connectivity index (χ0v) is 9.51. The van der Waals surface area contributed by atoms with E-state index in [4.69, 9.17) is 4.74 Å². The maximum atomic E-state index is 13.0. The van der Waals surface area contributed by atoms with Crippen LogP contribution in [0.1, 0.15) is 25.7 Å². The summed E-state index contributed by atoms with van der Waals surface area (Å²) in [5.74, 6) is -0.894. The van der Waals surface area contributed by atoms with Gasteiger partial charge in [-0.15, -0.1) is 0 Å². The smallest absolute Gasteiger partial charge is 0.129 e. The van der Waals surface area contributed by atoms with Crippen molar-refractivity contribution in [1.82, 2.24) is 5.32 Å². The normalized spacial score (nSPS) is 21.3. The highest BCUT2D eigenvalue weighted by molar-refractivity contribution is 5.26. The van der Waals surface area contributed by atoms with E-state index < -0.39 is 11.6 Å². The Balaban J connectivity index is 1.64. The first kappa shape index (κ1) is 11.0. The van der Waals surface area contributed by atoms with Crippen molar-refractivity contribution < 1.29 is 13.5 Å². The van der Waals surface area contributed by atoms with Crippen LogP contribution in [-0.2, 0) is 0 Å². The van der Waals surface area contributed by atoms with Crippen molar-refractivity contribution in [2.75, 3.05) is 6.54 Å². The number of rotatable bonds is 5. The first-order chi connectivity index (χ1) is 8.15. The minimum absolute atomic E-state index is 0.233. The number of nitrogens with one attached hydrogen (secondary N) is 1. The predicted octanol–water partition coefficient (Wildman–Crippen LogP) is 2.63. The van der Waals surface area contributed by atoms with Crippen LogP contribution < -0.4 is 10.1 Å². The van der Waals surface area contributed by atoms with Gasteiger partial charge in [0.2, 0.25) is 0 Å². The molecule has 0 saturated heterocycles. The summed E-state index contributed by atoms with van der Waals surface area (Å²) >= 11 is 0. The van der Waals surface area contributed by atoms with E-state index in [2.05, 4.69) is 5.32 Å². The van der Waals surface area contributed by atoms with Gasteiger partial charge < -0.3 is 10.1 Å². The molecule has 92 valence electrons. The molecule has 0 heterocycles. The van der Waals surface area contributed by atoms with E-state index in [1.165, 1.54) is 25.0 Å². The molecular weight excluding hydrogens is 224 g/mol. The van der Waals surface area contributed by atoms with Gasteiger partial charge >= 0.3 is 0 Å². The first-order valence-corrected chi connectivity index (χ1v) is 6.04. The van der Waals surface area contributed by atoms with E-state index in [1.54, 1.807) is 0 Å². The van der Waals surface area contributed by atoms with Crippen molar-refractivity contribution in [3.63, 3.8) is 0 Å². The Kier molecular flexibility index (Phi) is 2.54. The maximum Gasteiger partial charge on any atom is 0.129 e. The Labute approximate surface area is 99.0 Å². The van der Waals surface area contributed by atoms with Gasteiger partial charge in [-0.1, -0.05) is 0 Å². The topological polar surface area (TPSA) is 21.3 Å². The average Bonchev–Trinajstić information content (AvgIpc) is 3.09. The van der Waals surface area contributed by atoms with Crippen LogP contribution in [0.2, 0.25) is 0 Å². The first-order valence-electron chi connectivity index (χ1n) is 6.04. The molecule has 0 spiro atoms. The van der Waals surface area contributed by atoms with Crippen molar-refractivity contribution >= 4 is 0 Å². The Bertz CT molecular complexity index is 407. The van der Waals surface area contributed by atoms with Crippen molar-refractivity contribution in [3.8, 4) is 5.75 Å². The van der Waals surface area contributed by atoms with Crippen molar-refractivity contribution in [2.45, 2.75) is 37.3 Å². The molecule has 2 fully saturated rings. The summed E-state index contributed by atoms with van der Waals surface area (Å²) in [5, 5.41) is 3.40. The van der Waals surface area contributed by atoms with E-state index in [9.17, 15) is 8.78 Å². The minimum atomic E-state index is -0.592. The van der Waals surface area contributed by atoms with E-state index in [0.717, 1.165) is 25.5 Å². The molecule has 1 aromatic rings. The molecule has 2 aliphatic carbocycles. The Morgan fingerprint density at radius 3 is 2.35 bits per heavy atom. The van der Waals surface area contributed by atoms with Crippen LogP contribution >= 0.6 is 0 Å². The summed E-state index contributed by atoms with van der Waals surface area (Å²) in [6.45, 7) is 0.774. The Hall–Kier alpha value is -1.16. The van der Waals surface area contributed by atoms with Crippen LogP contribution in [0.5, 0.6) is 5.75 Å². The quantitative estimate of drug-likeness (QED) is 0.852. The zero-order valence-electron chi connectivity index (χ0n) is 9.51. The largest absolute Gasteiger partial charge is 0.486 e. The van der Waals surface area contributed by atoms with Gasteiger partial charge in [-0.2, -0.15) is 0 Å². The van der Waals surface area contributed by atoms with Crippen molar-refractivity contribution in [3.05, 3.63) is 29.8 Å². The fourth-order valence-electron chi connectivity index (χ4n) is 1.91. The molecule has 1 N–H and O–H groups in total. The summed E-state index contributed by atoms with van der Waals surface area (Å²) in [6.07, 6.45) is 4.35. The summed E-state index contributed by atoms with van der Waals surface area (Å²) in [4.78, 5) is 0. The van der Waals surface area contributed by atoms with Crippen LogP contribution in [-0.4, -0.2) is 18.2 Å². The lowest BCUT2D eigenvalue weighted by molar-refractivity contribution is 0.173. The standard InChI is InChI=1S/C13H15F2NO/c14-9-5-10(15)7-12(6-9)17-13(3-4-13)8-16-11-1-2-11/h5-7,11,16H,1-4,8H2. The molecule has 3 rings (SSSR count). The van der Waals surface area contributed by atoms with Gasteiger partial charge in [-0.3, -0.25) is 0 Å². The maximum absolute atomic E-state index is 13.0. The summed E-state index contributed by atoms with van der Waals surface area (Å²) in [6, 6.07) is 3.95. The number of hydrogen-bond donors (Lipinski definition) is 1. The molecule has 2 aliphatic rings. The average molecular weight is 239 g/mol. The molecule has 2 saturated carbocycles. The van der Waals surface area contributed by atoms with Gasteiger partial charge in [0.1, 0.15) is 23.0 Å². The third-order valence-electron chi connectivity index (χ3n) is 3.27. The van der Waals surface area contributed by atoms with Gasteiger partial charge in [-0.25, -0.2) is 8.78 Å². The SMILES string of the molecule is Fc1cc(F)cc(OC2(CNC3CC3)CC2)c1. The second-order valence-corrected chi connectivity index (χ2v) is 5.05. The molecule has 4 heteroatoms. The number of halogens is 2. The summed E-state index contributed by atoms with van der Waals surface area (Å²) in [7, 11) is 0. The van der Waals surface area contributed by atoms with Gasteiger partial charge in [-0.05, 0) is 25.7 Å². The van der Waals surface area contributed by atoms with E-state index in [0.29, 0.717) is 6.04 Å². The highest BCUT2D eigenvalue weighted by Crippen LogP contribution is 2.40. The predicted molar refractivity (Wildman–Crippen MR) is 60.0 cm³/mol. The fraction of sp³-hybridized carbons (Fsp3) is 0.538. The molecule has 0 aromatic heterocycles. The molecule has 1 aromatic carbocycles. The van der Waals surface area contributed by atoms with Gasteiger partial charge in [0.25, 0.3) is 0 Å². The molecule has 0 unspecified atom stereocenters. The molecule has 2 nitrogen and oxygen atoms in total. The van der Waals surface area contributed by atoms with E-state index >= 15 is 0 Å². The molecule has 0 radical (unpaired) electrons. The van der Waals surface area contributed by atoms with Crippen molar-refractivity contribution in [1.29, 1.82) is 0 Å². The van der Waals surface area contributed by atoms with Crippen LogP contribution in [0.4, 0.5) is 8.78 Å². The second kappa shape index (κ2) is 3.95. The van der Waals surface area contributed by atoms with Gasteiger partial charge in [0.05, 0.1) is 0 Å². The van der Waals surface area contributed by atoms with Crippen LogP contribution in [0, 0.1) is 11.6 Å². The summed E-state index contributed by atoms with van der Waals surface area (Å²) < 4.78 is 31.7. The molecule has 17 heavy (non-hydrogen) atoms. The Morgan fingerprint density at radius 1 is 1.18 bits per heavy atom. The second-order valence-electron chi connectivity index (χ2n) is 5.05. The molecule has 0 amide bonds. The van der Waals surface area contributed by atoms with Crippen LogP contribution in [0.3, 0.4) is 0 Å². The highest BCUT2D eigenvalue weighted by Gasteiger charge is 2.46. The van der Waals surface area contributed by atoms with Gasteiger partial charge in [0.15, 0.2) is 0 Å². The third-order valence-corrected chi connectivity index (χ3v) is 3.27. The monoisotopic (exact) mass is 239 g/mol. The molecule has 0 aliphatic heterocycles. The lowest BCUT2D eigenvalue weighted by Gasteiger charge is -2.18. The number of benzene rings is 1. The van der Waals surface area contributed by atoms with E-state index in [1.807, 2.05) is 0 Å². The fourth-order valence-corrected chi connectivity index (χ4v) is 1.91. The van der Waals surface area contributed by atoms with E-state index in [-0.39, 0.29) is 11.4 Å². The number of ether oxygens (including phenoxy) is 1. The lowest BCUT2D eigenvalue weighted by Crippen LogP contribution is -2.34. The molecular formula is C13H15F2NO. The zero-order chi connectivity index (χ0) is 11.9. The van der Waals surface area contributed by atoms with Crippen molar-refractivity contribution in [2.24, 2.45) is 0 Å². The highest BCUT2D eigenvalue weighted by atomic mass is 19.1. The lowest BCUT2D eigenvalue weighted by atomic mass is 10.3. The van der Waals surface area contributed by atoms with Gasteiger partial charge in [0, 0.05) is 30.8 Å². The summed E-state index contributed by atoms with van der Waals surface area (Å²) in [5.41, 5.74) is -0.233. The Morgan fingerprint density at radius 2 is 1.82 bits per heavy atom. The molecule has 0 bridgehead atoms. The third kappa shape index (κ3) is 2.75. The van der Waals surface area contributed by atoms with Crippen LogP contribution in [0.25, 0.3) is 0 Å².